The standard InChI is InChI=1S/C13H25N3/c1-6-14-13(10(2)3)8-7-12-9-11(4)15-16(12)5/h9-10,13-14H,6-8H2,1-5H3. The molecule has 1 heterocycles. The molecule has 0 radical (unpaired) electrons. The van der Waals surface area contributed by atoms with Crippen LogP contribution in [0.4, 0.5) is 0 Å². The zero-order valence-electron chi connectivity index (χ0n) is 11.2. The summed E-state index contributed by atoms with van der Waals surface area (Å²) in [4.78, 5) is 0. The van der Waals surface area contributed by atoms with Crippen molar-refractivity contribution in [3.63, 3.8) is 0 Å². The summed E-state index contributed by atoms with van der Waals surface area (Å²) < 4.78 is 2.00. The Morgan fingerprint density at radius 2 is 2.12 bits per heavy atom. The quantitative estimate of drug-likeness (QED) is 0.802. The van der Waals surface area contributed by atoms with Crippen molar-refractivity contribution >= 4 is 0 Å². The van der Waals surface area contributed by atoms with Crippen molar-refractivity contribution < 1.29 is 0 Å². The maximum atomic E-state index is 4.38. The first kappa shape index (κ1) is 13.2. The van der Waals surface area contributed by atoms with Crippen LogP contribution >= 0.6 is 0 Å². The van der Waals surface area contributed by atoms with E-state index >= 15 is 0 Å². The van der Waals surface area contributed by atoms with E-state index in [0.717, 1.165) is 18.7 Å². The van der Waals surface area contributed by atoms with Gasteiger partial charge in [0.25, 0.3) is 0 Å². The van der Waals surface area contributed by atoms with Crippen LogP contribution in [0.1, 0.15) is 38.6 Å². The van der Waals surface area contributed by atoms with Crippen molar-refractivity contribution in [2.75, 3.05) is 6.54 Å². The summed E-state index contributed by atoms with van der Waals surface area (Å²) in [7, 11) is 2.03. The third-order valence-corrected chi connectivity index (χ3v) is 3.08. The molecule has 16 heavy (non-hydrogen) atoms. The molecule has 1 aromatic rings. The van der Waals surface area contributed by atoms with E-state index in [-0.39, 0.29) is 0 Å². The second kappa shape index (κ2) is 6.04. The van der Waals surface area contributed by atoms with Gasteiger partial charge in [0, 0.05) is 18.8 Å². The minimum atomic E-state index is 0.611. The third kappa shape index (κ3) is 3.63. The number of nitrogens with zero attached hydrogens (tertiary/aromatic N) is 2. The Morgan fingerprint density at radius 3 is 2.56 bits per heavy atom. The molecule has 92 valence electrons. The zero-order chi connectivity index (χ0) is 12.1. The van der Waals surface area contributed by atoms with Gasteiger partial charge in [0.15, 0.2) is 0 Å². The molecule has 0 spiro atoms. The summed E-state index contributed by atoms with van der Waals surface area (Å²) in [6.45, 7) is 9.83. The number of aromatic nitrogens is 2. The molecule has 0 amide bonds. The largest absolute Gasteiger partial charge is 0.314 e. The van der Waals surface area contributed by atoms with Gasteiger partial charge < -0.3 is 5.32 Å². The average molecular weight is 223 g/mol. The van der Waals surface area contributed by atoms with Gasteiger partial charge in [-0.15, -0.1) is 0 Å². The third-order valence-electron chi connectivity index (χ3n) is 3.08. The minimum Gasteiger partial charge on any atom is -0.314 e. The van der Waals surface area contributed by atoms with Crippen LogP contribution in [0.3, 0.4) is 0 Å². The predicted molar refractivity (Wildman–Crippen MR) is 68.6 cm³/mol. The summed E-state index contributed by atoms with van der Waals surface area (Å²) in [5.41, 5.74) is 2.45. The average Bonchev–Trinajstić information content (AvgIpc) is 2.51. The lowest BCUT2D eigenvalue weighted by atomic mass is 9.98. The highest BCUT2D eigenvalue weighted by Crippen LogP contribution is 2.11. The van der Waals surface area contributed by atoms with Gasteiger partial charge in [-0.05, 0) is 38.3 Å². The van der Waals surface area contributed by atoms with Crippen molar-refractivity contribution in [3.8, 4) is 0 Å². The van der Waals surface area contributed by atoms with Crippen LogP contribution in [0.25, 0.3) is 0 Å². The molecular weight excluding hydrogens is 198 g/mol. The van der Waals surface area contributed by atoms with Crippen LogP contribution in [-0.4, -0.2) is 22.4 Å². The van der Waals surface area contributed by atoms with Gasteiger partial charge in [0.2, 0.25) is 0 Å². The molecule has 0 aliphatic heterocycles. The monoisotopic (exact) mass is 223 g/mol. The Kier molecular flexibility index (Phi) is 5.00. The molecular formula is C13H25N3. The Morgan fingerprint density at radius 1 is 1.44 bits per heavy atom. The molecule has 0 aliphatic rings. The fourth-order valence-corrected chi connectivity index (χ4v) is 2.13. The van der Waals surface area contributed by atoms with Crippen molar-refractivity contribution in [3.05, 3.63) is 17.5 Å². The first-order valence-corrected chi connectivity index (χ1v) is 6.27. The Bertz CT molecular complexity index is 315. The van der Waals surface area contributed by atoms with Crippen LogP contribution in [-0.2, 0) is 13.5 Å². The van der Waals surface area contributed by atoms with E-state index in [0.29, 0.717) is 12.0 Å². The molecule has 1 rings (SSSR count). The molecule has 1 N–H and O–H groups in total. The van der Waals surface area contributed by atoms with Gasteiger partial charge >= 0.3 is 0 Å². The van der Waals surface area contributed by atoms with Crippen LogP contribution in [0.15, 0.2) is 6.07 Å². The predicted octanol–water partition coefficient (Wildman–Crippen LogP) is 2.30. The molecule has 0 aromatic carbocycles. The van der Waals surface area contributed by atoms with Crippen LogP contribution in [0.5, 0.6) is 0 Å². The molecule has 0 saturated heterocycles. The van der Waals surface area contributed by atoms with Crippen LogP contribution in [0.2, 0.25) is 0 Å². The second-order valence-electron chi connectivity index (χ2n) is 4.85. The van der Waals surface area contributed by atoms with Gasteiger partial charge in [0.1, 0.15) is 0 Å². The summed E-state index contributed by atoms with van der Waals surface area (Å²) in [6.07, 6.45) is 2.29. The van der Waals surface area contributed by atoms with E-state index in [2.05, 4.69) is 37.3 Å². The Balaban J connectivity index is 2.51. The second-order valence-corrected chi connectivity index (χ2v) is 4.85. The first-order chi connectivity index (χ1) is 7.54. The van der Waals surface area contributed by atoms with Crippen molar-refractivity contribution in [2.24, 2.45) is 13.0 Å². The van der Waals surface area contributed by atoms with Gasteiger partial charge in [-0.3, -0.25) is 4.68 Å². The summed E-state index contributed by atoms with van der Waals surface area (Å²) in [5, 5.41) is 7.93. The lowest BCUT2D eigenvalue weighted by molar-refractivity contribution is 0.382. The van der Waals surface area contributed by atoms with E-state index in [4.69, 9.17) is 0 Å². The maximum Gasteiger partial charge on any atom is 0.0596 e. The summed E-state index contributed by atoms with van der Waals surface area (Å²) in [5.74, 6) is 0.689. The highest BCUT2D eigenvalue weighted by molar-refractivity contribution is 5.08. The summed E-state index contributed by atoms with van der Waals surface area (Å²) in [6, 6.07) is 2.80. The molecule has 3 nitrogen and oxygen atoms in total. The van der Waals surface area contributed by atoms with E-state index in [1.165, 1.54) is 12.1 Å². The van der Waals surface area contributed by atoms with Gasteiger partial charge in [-0.2, -0.15) is 5.10 Å². The van der Waals surface area contributed by atoms with E-state index in [1.807, 2.05) is 18.7 Å². The van der Waals surface area contributed by atoms with Gasteiger partial charge in [-0.1, -0.05) is 20.8 Å². The van der Waals surface area contributed by atoms with Crippen molar-refractivity contribution in [2.45, 2.75) is 46.6 Å². The zero-order valence-corrected chi connectivity index (χ0v) is 11.2. The lowest BCUT2D eigenvalue weighted by Gasteiger charge is -2.21. The molecule has 0 aliphatic carbocycles. The highest BCUT2D eigenvalue weighted by atomic mass is 15.3. The number of hydrogen-bond donors (Lipinski definition) is 1. The van der Waals surface area contributed by atoms with Crippen molar-refractivity contribution in [1.29, 1.82) is 0 Å². The number of rotatable bonds is 6. The van der Waals surface area contributed by atoms with Gasteiger partial charge in [-0.25, -0.2) is 0 Å². The number of hydrogen-bond acceptors (Lipinski definition) is 2. The maximum absolute atomic E-state index is 4.38. The fourth-order valence-electron chi connectivity index (χ4n) is 2.13. The smallest absolute Gasteiger partial charge is 0.0596 e. The van der Waals surface area contributed by atoms with Crippen molar-refractivity contribution in [1.82, 2.24) is 15.1 Å². The van der Waals surface area contributed by atoms with Gasteiger partial charge in [0.05, 0.1) is 5.69 Å². The molecule has 0 fully saturated rings. The molecule has 1 atom stereocenters. The summed E-state index contributed by atoms with van der Waals surface area (Å²) >= 11 is 0. The number of nitrogens with one attached hydrogen (secondary N) is 1. The Labute approximate surface area is 99.2 Å². The van der Waals surface area contributed by atoms with Crippen LogP contribution in [0, 0.1) is 12.8 Å². The first-order valence-electron chi connectivity index (χ1n) is 6.27. The normalized spacial score (nSPS) is 13.4. The molecule has 0 bridgehead atoms. The number of aryl methyl sites for hydroxylation is 3. The molecule has 0 saturated carbocycles. The molecule has 3 heteroatoms. The van der Waals surface area contributed by atoms with E-state index in [9.17, 15) is 0 Å². The van der Waals surface area contributed by atoms with E-state index < -0.39 is 0 Å². The Hall–Kier alpha value is -0.830. The SMILES string of the molecule is CCNC(CCc1cc(C)nn1C)C(C)C. The highest BCUT2D eigenvalue weighted by Gasteiger charge is 2.12. The topological polar surface area (TPSA) is 29.9 Å². The fraction of sp³-hybridized carbons (Fsp3) is 0.769. The molecule has 1 unspecified atom stereocenters. The van der Waals surface area contributed by atoms with Crippen LogP contribution < -0.4 is 5.32 Å². The van der Waals surface area contributed by atoms with E-state index in [1.54, 1.807) is 0 Å². The lowest BCUT2D eigenvalue weighted by Crippen LogP contribution is -2.34. The minimum absolute atomic E-state index is 0.611. The molecule has 1 aromatic heterocycles.